The number of H-pyrrole nitrogens is 1. The van der Waals surface area contributed by atoms with Crippen LogP contribution in [0.2, 0.25) is 0 Å². The van der Waals surface area contributed by atoms with Gasteiger partial charge >= 0.3 is 0 Å². The maximum absolute atomic E-state index is 13.2. The molecule has 27 heavy (non-hydrogen) atoms. The van der Waals surface area contributed by atoms with E-state index in [9.17, 15) is 4.39 Å². The zero-order chi connectivity index (χ0) is 18.6. The summed E-state index contributed by atoms with van der Waals surface area (Å²) in [5, 5.41) is 16.4. The molecule has 2 N–H and O–H groups in total. The molecule has 140 valence electrons. The third-order valence-corrected chi connectivity index (χ3v) is 4.92. The number of aliphatic hydroxyl groups is 1. The van der Waals surface area contributed by atoms with E-state index in [2.05, 4.69) is 25.0 Å². The van der Waals surface area contributed by atoms with Gasteiger partial charge in [-0.1, -0.05) is 6.07 Å². The number of pyridine rings is 1. The summed E-state index contributed by atoms with van der Waals surface area (Å²) in [6.07, 6.45) is 3.64. The second-order valence-corrected chi connectivity index (χ2v) is 6.71. The summed E-state index contributed by atoms with van der Waals surface area (Å²) in [5.41, 5.74) is 3.73. The number of hydrogen-bond donors (Lipinski definition) is 2. The fourth-order valence-corrected chi connectivity index (χ4v) is 3.37. The van der Waals surface area contributed by atoms with Crippen LogP contribution in [-0.4, -0.2) is 51.4 Å². The van der Waals surface area contributed by atoms with Gasteiger partial charge in [0.1, 0.15) is 11.6 Å². The number of piperazine rings is 1. The highest BCUT2D eigenvalue weighted by Crippen LogP contribution is 2.23. The van der Waals surface area contributed by atoms with Crippen LogP contribution in [0.3, 0.4) is 0 Å². The molecule has 1 aliphatic rings. The lowest BCUT2D eigenvalue weighted by Crippen LogP contribution is -2.46. The van der Waals surface area contributed by atoms with Crippen LogP contribution in [0.25, 0.3) is 11.3 Å². The minimum atomic E-state index is -0.243. The van der Waals surface area contributed by atoms with Crippen molar-refractivity contribution in [1.29, 1.82) is 0 Å². The largest absolute Gasteiger partial charge is 0.392 e. The second kappa shape index (κ2) is 7.85. The first kappa shape index (κ1) is 17.6. The number of anilines is 1. The Balaban J connectivity index is 1.38. The van der Waals surface area contributed by atoms with Gasteiger partial charge in [-0.25, -0.2) is 9.37 Å². The Morgan fingerprint density at radius 2 is 1.81 bits per heavy atom. The van der Waals surface area contributed by atoms with E-state index in [4.69, 9.17) is 5.11 Å². The average Bonchev–Trinajstić information content (AvgIpc) is 3.17. The van der Waals surface area contributed by atoms with Gasteiger partial charge in [0.2, 0.25) is 0 Å². The summed E-state index contributed by atoms with van der Waals surface area (Å²) in [6, 6.07) is 10.3. The third-order valence-electron chi connectivity index (χ3n) is 4.92. The molecule has 6 nitrogen and oxygen atoms in total. The normalized spacial score (nSPS) is 15.3. The van der Waals surface area contributed by atoms with Crippen molar-refractivity contribution in [3.63, 3.8) is 0 Å². The first-order valence-corrected chi connectivity index (χ1v) is 9.04. The molecule has 0 amide bonds. The van der Waals surface area contributed by atoms with Gasteiger partial charge in [0, 0.05) is 56.2 Å². The van der Waals surface area contributed by atoms with E-state index in [-0.39, 0.29) is 12.4 Å². The van der Waals surface area contributed by atoms with E-state index < -0.39 is 0 Å². The lowest BCUT2D eigenvalue weighted by Gasteiger charge is -2.35. The molecular formula is C20H22FN5O. The molecule has 0 saturated carbocycles. The quantitative estimate of drug-likeness (QED) is 0.725. The lowest BCUT2D eigenvalue weighted by atomic mass is 10.1. The molecule has 1 saturated heterocycles. The molecular weight excluding hydrogens is 345 g/mol. The van der Waals surface area contributed by atoms with Gasteiger partial charge in [-0.3, -0.25) is 10.00 Å². The van der Waals surface area contributed by atoms with Crippen molar-refractivity contribution in [3.8, 4) is 11.3 Å². The monoisotopic (exact) mass is 367 g/mol. The predicted octanol–water partition coefficient (Wildman–Crippen LogP) is 2.43. The van der Waals surface area contributed by atoms with Crippen LogP contribution in [-0.2, 0) is 13.2 Å². The number of rotatable bonds is 5. The van der Waals surface area contributed by atoms with Crippen LogP contribution in [0.15, 0.2) is 48.8 Å². The summed E-state index contributed by atoms with van der Waals surface area (Å²) in [5.74, 6) is 0.703. The highest BCUT2D eigenvalue weighted by Gasteiger charge is 2.20. The molecule has 4 rings (SSSR count). The average molecular weight is 367 g/mol. The number of nitrogens with zero attached hydrogens (tertiary/aromatic N) is 4. The van der Waals surface area contributed by atoms with E-state index >= 15 is 0 Å². The van der Waals surface area contributed by atoms with Gasteiger partial charge in [0.15, 0.2) is 0 Å². The number of aromatic nitrogens is 3. The van der Waals surface area contributed by atoms with Crippen LogP contribution < -0.4 is 4.90 Å². The lowest BCUT2D eigenvalue weighted by molar-refractivity contribution is 0.249. The van der Waals surface area contributed by atoms with Crippen molar-refractivity contribution in [2.75, 3.05) is 31.1 Å². The number of nitrogens with one attached hydrogen (secondary N) is 1. The van der Waals surface area contributed by atoms with Gasteiger partial charge in [0.25, 0.3) is 0 Å². The van der Waals surface area contributed by atoms with Crippen molar-refractivity contribution < 1.29 is 9.50 Å². The van der Waals surface area contributed by atoms with E-state index in [1.165, 1.54) is 12.1 Å². The molecule has 0 atom stereocenters. The first-order valence-electron chi connectivity index (χ1n) is 9.04. The summed E-state index contributed by atoms with van der Waals surface area (Å²) >= 11 is 0. The molecule has 1 fully saturated rings. The van der Waals surface area contributed by atoms with Crippen molar-refractivity contribution in [3.05, 3.63) is 65.7 Å². The number of aliphatic hydroxyl groups excluding tert-OH is 1. The zero-order valence-electron chi connectivity index (χ0n) is 15.0. The molecule has 0 unspecified atom stereocenters. The topological polar surface area (TPSA) is 68.3 Å². The minimum Gasteiger partial charge on any atom is -0.392 e. The molecule has 1 aromatic carbocycles. The molecule has 1 aliphatic heterocycles. The molecule has 2 aromatic heterocycles. The van der Waals surface area contributed by atoms with E-state index in [1.54, 1.807) is 18.3 Å². The molecule has 0 spiro atoms. The Bertz CT molecular complexity index is 870. The Morgan fingerprint density at radius 3 is 2.48 bits per heavy atom. The van der Waals surface area contributed by atoms with Crippen molar-refractivity contribution >= 4 is 5.82 Å². The number of hydrogen-bond acceptors (Lipinski definition) is 5. The fourth-order valence-electron chi connectivity index (χ4n) is 3.37. The highest BCUT2D eigenvalue weighted by molar-refractivity contribution is 5.62. The second-order valence-electron chi connectivity index (χ2n) is 6.71. The highest BCUT2D eigenvalue weighted by atomic mass is 19.1. The smallest absolute Gasteiger partial charge is 0.128 e. The maximum atomic E-state index is 13.2. The summed E-state index contributed by atoms with van der Waals surface area (Å²) in [7, 11) is 0. The molecule has 0 bridgehead atoms. The predicted molar refractivity (Wildman–Crippen MR) is 102 cm³/mol. The van der Waals surface area contributed by atoms with Gasteiger partial charge in [-0.05, 0) is 35.9 Å². The molecule has 0 aliphatic carbocycles. The Hall–Kier alpha value is -2.77. The molecule has 3 heterocycles. The zero-order valence-corrected chi connectivity index (χ0v) is 15.0. The van der Waals surface area contributed by atoms with Crippen LogP contribution in [0.5, 0.6) is 0 Å². The van der Waals surface area contributed by atoms with E-state index in [0.29, 0.717) is 0 Å². The summed E-state index contributed by atoms with van der Waals surface area (Å²) < 4.78 is 13.2. The van der Waals surface area contributed by atoms with Crippen LogP contribution in [0.1, 0.15) is 11.1 Å². The van der Waals surface area contributed by atoms with Crippen molar-refractivity contribution in [2.24, 2.45) is 0 Å². The summed E-state index contributed by atoms with van der Waals surface area (Å²) in [4.78, 5) is 9.08. The van der Waals surface area contributed by atoms with Gasteiger partial charge in [-0.2, -0.15) is 5.10 Å². The molecule has 7 heteroatoms. The van der Waals surface area contributed by atoms with Crippen LogP contribution in [0.4, 0.5) is 10.2 Å². The Labute approximate surface area is 157 Å². The first-order chi connectivity index (χ1) is 13.2. The third kappa shape index (κ3) is 3.99. The van der Waals surface area contributed by atoms with Gasteiger partial charge in [-0.15, -0.1) is 0 Å². The van der Waals surface area contributed by atoms with E-state index in [1.807, 2.05) is 18.3 Å². The summed E-state index contributed by atoms with van der Waals surface area (Å²) in [6.45, 7) is 4.47. The minimum absolute atomic E-state index is 0.0160. The molecule has 3 aromatic rings. The van der Waals surface area contributed by atoms with Crippen LogP contribution >= 0.6 is 0 Å². The SMILES string of the molecule is OCc1ccc(N2CCN(Cc3c[nH]nc3-c3ccc(F)cc3)CC2)nc1. The number of aromatic amines is 1. The molecule has 0 radical (unpaired) electrons. The Morgan fingerprint density at radius 1 is 1.04 bits per heavy atom. The number of halogens is 1. The number of benzene rings is 1. The fraction of sp³-hybridized carbons (Fsp3) is 0.300. The van der Waals surface area contributed by atoms with E-state index in [0.717, 1.165) is 60.9 Å². The van der Waals surface area contributed by atoms with Crippen molar-refractivity contribution in [2.45, 2.75) is 13.2 Å². The van der Waals surface area contributed by atoms with Gasteiger partial charge < -0.3 is 10.0 Å². The standard InChI is InChI=1S/C20H22FN5O/c21-18-4-2-16(3-5-18)20-17(12-23-24-20)13-25-7-9-26(10-8-25)19-6-1-15(14-27)11-22-19/h1-6,11-12,27H,7-10,13-14H2,(H,23,24). The van der Waals surface area contributed by atoms with Crippen LogP contribution in [0, 0.1) is 5.82 Å². The van der Waals surface area contributed by atoms with Gasteiger partial charge in [0.05, 0.1) is 12.3 Å². The Kier molecular flexibility index (Phi) is 5.13. The van der Waals surface area contributed by atoms with Crippen molar-refractivity contribution in [1.82, 2.24) is 20.1 Å². The maximum Gasteiger partial charge on any atom is 0.128 e.